The van der Waals surface area contributed by atoms with Gasteiger partial charge in [0.25, 0.3) is 0 Å². The van der Waals surface area contributed by atoms with Crippen molar-refractivity contribution in [3.63, 3.8) is 0 Å². The molecule has 3 N–H and O–H groups in total. The molecule has 28 heavy (non-hydrogen) atoms. The Morgan fingerprint density at radius 3 is 2.86 bits per heavy atom. The molecule has 2 aliphatic heterocycles. The highest BCUT2D eigenvalue weighted by molar-refractivity contribution is 5.80. The normalized spacial score (nSPS) is 21.9. The summed E-state index contributed by atoms with van der Waals surface area (Å²) >= 11 is 0. The fourth-order valence-corrected chi connectivity index (χ4v) is 4.36. The van der Waals surface area contributed by atoms with E-state index in [2.05, 4.69) is 53.2 Å². The molecular weight excluding hydrogens is 350 g/mol. The van der Waals surface area contributed by atoms with E-state index >= 15 is 0 Å². The average molecular weight is 386 g/mol. The van der Waals surface area contributed by atoms with Crippen LogP contribution in [0.5, 0.6) is 0 Å². The highest BCUT2D eigenvalue weighted by Gasteiger charge is 2.24. The lowest BCUT2D eigenvalue weighted by Gasteiger charge is -2.36. The minimum Gasteiger partial charge on any atom is -0.370 e. The Labute approximate surface area is 169 Å². The highest BCUT2D eigenvalue weighted by atomic mass is 16.1. The van der Waals surface area contributed by atoms with Gasteiger partial charge in [-0.2, -0.15) is 0 Å². The van der Waals surface area contributed by atoms with Gasteiger partial charge in [-0.15, -0.1) is 0 Å². The SMILES string of the molecule is CCNC(=NCC(C)N1CCc2ccccc2C1)N1CCCC(CC(N)=O)C1. The van der Waals surface area contributed by atoms with Gasteiger partial charge in [0, 0.05) is 45.2 Å². The van der Waals surface area contributed by atoms with Crippen molar-refractivity contribution in [3.05, 3.63) is 35.4 Å². The van der Waals surface area contributed by atoms with Crippen LogP contribution in [0.2, 0.25) is 0 Å². The molecule has 2 unspecified atom stereocenters. The number of rotatable bonds is 6. The smallest absolute Gasteiger partial charge is 0.217 e. The largest absolute Gasteiger partial charge is 0.370 e. The highest BCUT2D eigenvalue weighted by Crippen LogP contribution is 2.21. The number of hydrogen-bond donors (Lipinski definition) is 2. The van der Waals surface area contributed by atoms with E-state index in [9.17, 15) is 4.79 Å². The molecule has 1 fully saturated rings. The van der Waals surface area contributed by atoms with E-state index in [0.717, 1.165) is 64.5 Å². The average Bonchev–Trinajstić information content (AvgIpc) is 2.70. The Morgan fingerprint density at radius 1 is 1.32 bits per heavy atom. The molecule has 6 nitrogen and oxygen atoms in total. The van der Waals surface area contributed by atoms with Gasteiger partial charge in [0.1, 0.15) is 0 Å². The minimum absolute atomic E-state index is 0.201. The number of guanidine groups is 1. The first kappa shape index (κ1) is 20.6. The molecule has 1 aromatic rings. The lowest BCUT2D eigenvalue weighted by Crippen LogP contribution is -2.48. The second-order valence-electron chi connectivity index (χ2n) is 8.16. The Bertz CT molecular complexity index is 689. The van der Waals surface area contributed by atoms with Gasteiger partial charge in [0.15, 0.2) is 5.96 Å². The number of aliphatic imine (C=N–C) groups is 1. The van der Waals surface area contributed by atoms with E-state index < -0.39 is 0 Å². The quantitative estimate of drug-likeness (QED) is 0.580. The molecular formula is C22H35N5O. The van der Waals surface area contributed by atoms with Crippen LogP contribution in [0.3, 0.4) is 0 Å². The molecule has 2 atom stereocenters. The third kappa shape index (κ3) is 5.47. The van der Waals surface area contributed by atoms with E-state index in [0.29, 0.717) is 18.4 Å². The standard InChI is InChI=1S/C22H35N5O/c1-3-24-22(27-11-6-7-18(15-27)13-21(23)28)25-14-17(2)26-12-10-19-8-4-5-9-20(19)16-26/h4-5,8-9,17-18H,3,6-7,10-16H2,1-2H3,(H2,23,28)(H,24,25). The third-order valence-electron chi connectivity index (χ3n) is 5.93. The summed E-state index contributed by atoms with van der Waals surface area (Å²) in [5.41, 5.74) is 8.34. The van der Waals surface area contributed by atoms with Gasteiger partial charge < -0.3 is 16.0 Å². The van der Waals surface area contributed by atoms with Crippen LogP contribution in [0.25, 0.3) is 0 Å². The summed E-state index contributed by atoms with van der Waals surface area (Å²) < 4.78 is 0. The number of carbonyl (C=O) groups is 1. The number of likely N-dealkylation sites (tertiary alicyclic amines) is 1. The molecule has 6 heteroatoms. The number of nitrogens with two attached hydrogens (primary N) is 1. The predicted molar refractivity (Wildman–Crippen MR) is 114 cm³/mol. The summed E-state index contributed by atoms with van der Waals surface area (Å²) in [5.74, 6) is 1.11. The zero-order valence-electron chi connectivity index (χ0n) is 17.4. The van der Waals surface area contributed by atoms with Gasteiger partial charge in [0.05, 0.1) is 6.54 Å². The molecule has 154 valence electrons. The van der Waals surface area contributed by atoms with Crippen LogP contribution in [-0.4, -0.2) is 60.4 Å². The summed E-state index contributed by atoms with van der Waals surface area (Å²) in [6, 6.07) is 9.15. The van der Waals surface area contributed by atoms with Crippen molar-refractivity contribution in [2.24, 2.45) is 16.6 Å². The number of primary amides is 1. The van der Waals surface area contributed by atoms with Crippen molar-refractivity contribution >= 4 is 11.9 Å². The fraction of sp³-hybridized carbons (Fsp3) is 0.636. The van der Waals surface area contributed by atoms with Gasteiger partial charge in [-0.3, -0.25) is 14.7 Å². The zero-order valence-corrected chi connectivity index (χ0v) is 17.4. The molecule has 1 amide bonds. The molecule has 0 bridgehead atoms. The minimum atomic E-state index is -0.201. The van der Waals surface area contributed by atoms with Crippen LogP contribution >= 0.6 is 0 Å². The van der Waals surface area contributed by atoms with Crippen molar-refractivity contribution in [2.45, 2.75) is 52.1 Å². The number of nitrogens with zero attached hydrogens (tertiary/aromatic N) is 3. The predicted octanol–water partition coefficient (Wildman–Crippen LogP) is 1.99. The monoisotopic (exact) mass is 385 g/mol. The first-order valence-corrected chi connectivity index (χ1v) is 10.7. The molecule has 0 saturated carbocycles. The number of amides is 1. The fourth-order valence-electron chi connectivity index (χ4n) is 4.36. The van der Waals surface area contributed by atoms with Crippen molar-refractivity contribution in [2.75, 3.05) is 32.7 Å². The summed E-state index contributed by atoms with van der Waals surface area (Å²) in [5, 5.41) is 3.44. The number of hydrogen-bond acceptors (Lipinski definition) is 3. The first-order valence-electron chi connectivity index (χ1n) is 10.7. The van der Waals surface area contributed by atoms with E-state index in [1.165, 1.54) is 11.1 Å². The van der Waals surface area contributed by atoms with Crippen LogP contribution in [0.1, 0.15) is 44.2 Å². The molecule has 1 saturated heterocycles. The molecule has 0 aromatic heterocycles. The van der Waals surface area contributed by atoms with Crippen molar-refractivity contribution < 1.29 is 4.79 Å². The number of benzene rings is 1. The van der Waals surface area contributed by atoms with Crippen molar-refractivity contribution in [1.82, 2.24) is 15.1 Å². The molecule has 0 spiro atoms. The molecule has 2 aliphatic rings. The van der Waals surface area contributed by atoms with Gasteiger partial charge in [-0.05, 0) is 50.2 Å². The Hall–Kier alpha value is -2.08. The molecule has 0 aliphatic carbocycles. The summed E-state index contributed by atoms with van der Waals surface area (Å²) in [6.07, 6.45) is 3.74. The second-order valence-corrected chi connectivity index (χ2v) is 8.16. The van der Waals surface area contributed by atoms with Gasteiger partial charge in [-0.1, -0.05) is 24.3 Å². The van der Waals surface area contributed by atoms with Crippen molar-refractivity contribution in [3.8, 4) is 0 Å². The van der Waals surface area contributed by atoms with Gasteiger partial charge in [0.2, 0.25) is 5.91 Å². The molecule has 3 rings (SSSR count). The van der Waals surface area contributed by atoms with E-state index in [1.54, 1.807) is 0 Å². The maximum absolute atomic E-state index is 11.3. The van der Waals surface area contributed by atoms with E-state index in [1.807, 2.05) is 0 Å². The van der Waals surface area contributed by atoms with Crippen LogP contribution < -0.4 is 11.1 Å². The van der Waals surface area contributed by atoms with E-state index in [4.69, 9.17) is 10.7 Å². The van der Waals surface area contributed by atoms with Gasteiger partial charge >= 0.3 is 0 Å². The number of fused-ring (bicyclic) bond motifs is 1. The summed E-state index contributed by atoms with van der Waals surface area (Å²) in [6.45, 7) is 9.95. The van der Waals surface area contributed by atoms with Crippen LogP contribution in [0.15, 0.2) is 29.3 Å². The number of carbonyl (C=O) groups excluding carboxylic acids is 1. The topological polar surface area (TPSA) is 74.0 Å². The maximum Gasteiger partial charge on any atom is 0.217 e. The Kier molecular flexibility index (Phi) is 7.31. The molecule has 2 heterocycles. The number of nitrogens with one attached hydrogen (secondary N) is 1. The van der Waals surface area contributed by atoms with Crippen LogP contribution in [0, 0.1) is 5.92 Å². The molecule has 1 aromatic carbocycles. The zero-order chi connectivity index (χ0) is 19.9. The first-order chi connectivity index (χ1) is 13.6. The maximum atomic E-state index is 11.3. The third-order valence-corrected chi connectivity index (χ3v) is 5.93. The summed E-state index contributed by atoms with van der Waals surface area (Å²) in [4.78, 5) is 21.1. The Morgan fingerprint density at radius 2 is 2.11 bits per heavy atom. The lowest BCUT2D eigenvalue weighted by molar-refractivity contribution is -0.119. The summed E-state index contributed by atoms with van der Waals surface area (Å²) in [7, 11) is 0. The Balaban J connectivity index is 1.60. The van der Waals surface area contributed by atoms with Crippen LogP contribution in [-0.2, 0) is 17.8 Å². The van der Waals surface area contributed by atoms with Crippen molar-refractivity contribution in [1.29, 1.82) is 0 Å². The van der Waals surface area contributed by atoms with Gasteiger partial charge in [-0.25, -0.2) is 0 Å². The number of piperidine rings is 1. The second kappa shape index (κ2) is 9.92. The van der Waals surface area contributed by atoms with Crippen LogP contribution in [0.4, 0.5) is 0 Å². The molecule has 0 radical (unpaired) electrons. The van der Waals surface area contributed by atoms with E-state index in [-0.39, 0.29) is 5.91 Å². The lowest BCUT2D eigenvalue weighted by atomic mass is 9.95.